The van der Waals surface area contributed by atoms with Gasteiger partial charge in [0, 0.05) is 22.5 Å². The first kappa shape index (κ1) is 16.9. The number of piperidine rings is 1. The number of nitrogens with zero attached hydrogens (tertiary/aromatic N) is 1. The molecule has 0 aliphatic carbocycles. The molecular weight excluding hydrogens is 318 g/mol. The average molecular weight is 338 g/mol. The van der Waals surface area contributed by atoms with Crippen LogP contribution >= 0.6 is 23.7 Å². The molecule has 4 nitrogen and oxygen atoms in total. The fourth-order valence-electron chi connectivity index (χ4n) is 2.58. The van der Waals surface area contributed by atoms with E-state index in [1.165, 1.54) is 0 Å². The summed E-state index contributed by atoms with van der Waals surface area (Å²) >= 11 is 1.64. The summed E-state index contributed by atoms with van der Waals surface area (Å²) in [6, 6.07) is 7.91. The second-order valence-corrected chi connectivity index (χ2v) is 6.41. The number of rotatable bonds is 3. The maximum atomic E-state index is 12.3. The molecule has 22 heavy (non-hydrogen) atoms. The molecule has 0 unspecified atom stereocenters. The molecule has 0 spiro atoms. The first-order chi connectivity index (χ1) is 10.2. The van der Waals surface area contributed by atoms with Crippen molar-refractivity contribution in [2.75, 3.05) is 18.4 Å². The number of benzene rings is 1. The lowest BCUT2D eigenvalue weighted by molar-refractivity contribution is -0.120. The van der Waals surface area contributed by atoms with Gasteiger partial charge in [0.05, 0.1) is 10.7 Å². The van der Waals surface area contributed by atoms with Crippen molar-refractivity contribution < 1.29 is 4.79 Å². The summed E-state index contributed by atoms with van der Waals surface area (Å²) in [7, 11) is 0. The maximum Gasteiger partial charge on any atom is 0.227 e. The number of carbonyl (C=O) groups is 1. The minimum atomic E-state index is 0. The maximum absolute atomic E-state index is 12.3. The van der Waals surface area contributed by atoms with E-state index >= 15 is 0 Å². The molecule has 1 aliphatic heterocycles. The van der Waals surface area contributed by atoms with Gasteiger partial charge in [0.25, 0.3) is 0 Å². The van der Waals surface area contributed by atoms with E-state index in [4.69, 9.17) is 0 Å². The molecule has 0 atom stereocenters. The van der Waals surface area contributed by atoms with Crippen molar-refractivity contribution in [1.29, 1.82) is 0 Å². The van der Waals surface area contributed by atoms with Crippen LogP contribution in [0.1, 0.15) is 17.8 Å². The van der Waals surface area contributed by atoms with E-state index in [1.807, 2.05) is 36.6 Å². The molecule has 0 radical (unpaired) electrons. The average Bonchev–Trinajstić information content (AvgIpc) is 2.95. The van der Waals surface area contributed by atoms with Gasteiger partial charge in [0.2, 0.25) is 5.91 Å². The van der Waals surface area contributed by atoms with Gasteiger partial charge in [-0.25, -0.2) is 4.98 Å². The molecule has 0 saturated carbocycles. The number of anilines is 1. The molecule has 118 valence electrons. The summed E-state index contributed by atoms with van der Waals surface area (Å²) in [6.07, 6.45) is 1.83. The first-order valence-electron chi connectivity index (χ1n) is 7.26. The van der Waals surface area contributed by atoms with Crippen molar-refractivity contribution >= 4 is 35.3 Å². The number of aryl methyl sites for hydroxylation is 1. The Morgan fingerprint density at radius 2 is 2.14 bits per heavy atom. The predicted octanol–water partition coefficient (Wildman–Crippen LogP) is 3.48. The molecule has 1 amide bonds. The van der Waals surface area contributed by atoms with Gasteiger partial charge >= 0.3 is 0 Å². The molecule has 3 rings (SSSR count). The van der Waals surface area contributed by atoms with Crippen LogP contribution < -0.4 is 10.6 Å². The van der Waals surface area contributed by atoms with E-state index in [1.54, 1.807) is 11.3 Å². The van der Waals surface area contributed by atoms with Crippen LogP contribution in [0.15, 0.2) is 29.6 Å². The van der Waals surface area contributed by atoms with Crippen LogP contribution in [0, 0.1) is 12.8 Å². The fraction of sp³-hybridized carbons (Fsp3) is 0.375. The van der Waals surface area contributed by atoms with Gasteiger partial charge in [-0.2, -0.15) is 0 Å². The summed E-state index contributed by atoms with van der Waals surface area (Å²) < 4.78 is 0. The first-order valence-corrected chi connectivity index (χ1v) is 8.14. The number of carbonyl (C=O) groups excluding carboxylic acids is 1. The zero-order chi connectivity index (χ0) is 14.7. The summed E-state index contributed by atoms with van der Waals surface area (Å²) in [6.45, 7) is 3.85. The highest BCUT2D eigenvalue weighted by atomic mass is 35.5. The topological polar surface area (TPSA) is 54.0 Å². The molecule has 1 aromatic heterocycles. The Hall–Kier alpha value is -1.43. The standard InChI is InChI=1S/C16H19N3OS.ClH/c1-11-18-15(10-21-11)13-3-2-4-14(9-13)19-16(20)12-5-7-17-8-6-12;/h2-4,9-10,12,17H,5-8H2,1H3,(H,19,20);1H. The Labute approximate surface area is 140 Å². The number of amides is 1. The van der Waals surface area contributed by atoms with E-state index in [-0.39, 0.29) is 24.2 Å². The van der Waals surface area contributed by atoms with Crippen molar-refractivity contribution in [3.8, 4) is 11.3 Å². The third-order valence-corrected chi connectivity index (χ3v) is 4.53. The number of thiazole rings is 1. The third kappa shape index (κ3) is 4.06. The molecule has 2 N–H and O–H groups in total. The van der Waals surface area contributed by atoms with Crippen molar-refractivity contribution in [2.24, 2.45) is 5.92 Å². The molecule has 0 bridgehead atoms. The van der Waals surface area contributed by atoms with Crippen LogP contribution in [0.4, 0.5) is 5.69 Å². The predicted molar refractivity (Wildman–Crippen MR) is 93.8 cm³/mol. The van der Waals surface area contributed by atoms with Gasteiger partial charge in [0.15, 0.2) is 0 Å². The fourth-order valence-corrected chi connectivity index (χ4v) is 3.20. The number of nitrogens with one attached hydrogen (secondary N) is 2. The highest BCUT2D eigenvalue weighted by Crippen LogP contribution is 2.24. The van der Waals surface area contributed by atoms with Gasteiger partial charge in [0.1, 0.15) is 0 Å². The highest BCUT2D eigenvalue weighted by molar-refractivity contribution is 7.09. The van der Waals surface area contributed by atoms with Crippen molar-refractivity contribution in [3.63, 3.8) is 0 Å². The van der Waals surface area contributed by atoms with Crippen LogP contribution in [0.25, 0.3) is 11.3 Å². The van der Waals surface area contributed by atoms with Gasteiger partial charge < -0.3 is 10.6 Å². The minimum absolute atomic E-state index is 0. The Bertz CT molecular complexity index is 638. The normalized spacial score (nSPS) is 15.1. The van der Waals surface area contributed by atoms with Crippen molar-refractivity contribution in [3.05, 3.63) is 34.7 Å². The molecule has 1 fully saturated rings. The van der Waals surface area contributed by atoms with Crippen molar-refractivity contribution in [1.82, 2.24) is 10.3 Å². The van der Waals surface area contributed by atoms with Crippen molar-refractivity contribution in [2.45, 2.75) is 19.8 Å². The van der Waals surface area contributed by atoms with Gasteiger partial charge in [-0.15, -0.1) is 23.7 Å². The lowest BCUT2D eigenvalue weighted by atomic mass is 9.97. The second kappa shape index (κ2) is 7.72. The minimum Gasteiger partial charge on any atom is -0.326 e. The Morgan fingerprint density at radius 1 is 1.36 bits per heavy atom. The monoisotopic (exact) mass is 337 g/mol. The van der Waals surface area contributed by atoms with E-state index in [0.29, 0.717) is 0 Å². The molecule has 2 heterocycles. The van der Waals surface area contributed by atoms with Crippen LogP contribution in [-0.2, 0) is 4.79 Å². The smallest absolute Gasteiger partial charge is 0.227 e. The largest absolute Gasteiger partial charge is 0.326 e. The quantitative estimate of drug-likeness (QED) is 0.901. The number of hydrogen-bond donors (Lipinski definition) is 2. The van der Waals surface area contributed by atoms with Gasteiger partial charge in [-0.1, -0.05) is 12.1 Å². The Kier molecular flexibility index (Phi) is 5.94. The number of halogens is 1. The molecule has 1 aliphatic rings. The van der Waals surface area contributed by atoms with E-state index in [0.717, 1.165) is 47.9 Å². The van der Waals surface area contributed by atoms with Gasteiger partial charge in [-0.05, 0) is 45.0 Å². The van der Waals surface area contributed by atoms with Crippen LogP contribution in [0.3, 0.4) is 0 Å². The molecule has 1 aromatic carbocycles. The van der Waals surface area contributed by atoms with Crippen LogP contribution in [0.5, 0.6) is 0 Å². The zero-order valence-corrected chi connectivity index (χ0v) is 14.1. The van der Waals surface area contributed by atoms with Crippen LogP contribution in [-0.4, -0.2) is 24.0 Å². The molecular formula is C16H20ClN3OS. The lowest BCUT2D eigenvalue weighted by Crippen LogP contribution is -2.34. The number of aromatic nitrogens is 1. The molecule has 1 saturated heterocycles. The molecule has 2 aromatic rings. The SMILES string of the molecule is Cc1nc(-c2cccc(NC(=O)C3CCNCC3)c2)cs1.Cl. The summed E-state index contributed by atoms with van der Waals surface area (Å²) in [4.78, 5) is 16.8. The van der Waals surface area contributed by atoms with Crippen LogP contribution in [0.2, 0.25) is 0 Å². The highest BCUT2D eigenvalue weighted by Gasteiger charge is 2.20. The Balaban J connectivity index is 0.00000176. The Morgan fingerprint density at radius 3 is 2.82 bits per heavy atom. The lowest BCUT2D eigenvalue weighted by Gasteiger charge is -2.21. The zero-order valence-electron chi connectivity index (χ0n) is 12.5. The summed E-state index contributed by atoms with van der Waals surface area (Å²) in [5.41, 5.74) is 2.86. The van der Waals surface area contributed by atoms with Gasteiger partial charge in [-0.3, -0.25) is 4.79 Å². The number of hydrogen-bond acceptors (Lipinski definition) is 4. The van der Waals surface area contributed by atoms with E-state index < -0.39 is 0 Å². The molecule has 6 heteroatoms. The summed E-state index contributed by atoms with van der Waals surface area (Å²) in [5, 5.41) is 9.41. The second-order valence-electron chi connectivity index (χ2n) is 5.35. The summed E-state index contributed by atoms with van der Waals surface area (Å²) in [5.74, 6) is 0.250. The van der Waals surface area contributed by atoms with E-state index in [2.05, 4.69) is 15.6 Å². The van der Waals surface area contributed by atoms with E-state index in [9.17, 15) is 4.79 Å². The third-order valence-electron chi connectivity index (χ3n) is 3.75.